The molecule has 0 fully saturated rings. The number of fused-ring (bicyclic) bond motifs is 4. The minimum atomic E-state index is 0. The molecular weight excluding hydrogens is 510 g/mol. The van der Waals surface area contributed by atoms with Crippen molar-refractivity contribution >= 4 is 10.8 Å². The molecule has 0 bridgehead atoms. The standard InChI is InChI=1S/C33H46NO4.ClH/c1-6-10-11-12-13-14-15-16-26-25-17-18-29(35-5)33(38-9-4)28(25)23-34-20-19-24-21-30(36-7-2)31(37-8-3)22-27(24)32(26)34;/h17-18,21-23H,6-16,19-20H2,1-5H3;1H/q+1;/p-1. The summed E-state index contributed by atoms with van der Waals surface area (Å²) in [5, 5.41) is 2.39. The molecule has 0 saturated carbocycles. The Balaban J connectivity index is 0.00000420. The number of benzene rings is 2. The Bertz CT molecular complexity index is 1230. The molecule has 0 unspecified atom stereocenters. The highest BCUT2D eigenvalue weighted by atomic mass is 35.5. The zero-order valence-electron chi connectivity index (χ0n) is 24.5. The second kappa shape index (κ2) is 15.2. The first kappa shape index (κ1) is 30.9. The number of halogens is 1. The topological polar surface area (TPSA) is 40.8 Å². The Kier molecular flexibility index (Phi) is 12.0. The number of methoxy groups -OCH3 is 1. The Hall–Kier alpha value is -2.66. The molecule has 6 heteroatoms. The van der Waals surface area contributed by atoms with E-state index >= 15 is 0 Å². The molecule has 2 heterocycles. The molecule has 4 rings (SSSR count). The zero-order valence-corrected chi connectivity index (χ0v) is 25.3. The maximum absolute atomic E-state index is 6.16. The summed E-state index contributed by atoms with van der Waals surface area (Å²) < 4.78 is 26.3. The van der Waals surface area contributed by atoms with Gasteiger partial charge < -0.3 is 31.4 Å². The van der Waals surface area contributed by atoms with E-state index in [1.807, 2.05) is 20.8 Å². The van der Waals surface area contributed by atoms with Crippen LogP contribution in [0.3, 0.4) is 0 Å². The van der Waals surface area contributed by atoms with E-state index < -0.39 is 0 Å². The lowest BCUT2D eigenvalue weighted by Crippen LogP contribution is -3.00. The van der Waals surface area contributed by atoms with E-state index in [1.165, 1.54) is 72.7 Å². The number of nitrogens with zero attached hydrogens (tertiary/aromatic N) is 1. The number of pyridine rings is 1. The van der Waals surface area contributed by atoms with Gasteiger partial charge in [0.2, 0.25) is 5.69 Å². The molecule has 0 N–H and O–H groups in total. The van der Waals surface area contributed by atoms with Crippen LogP contribution in [0.1, 0.15) is 83.8 Å². The molecule has 0 radical (unpaired) electrons. The lowest BCUT2D eigenvalue weighted by molar-refractivity contribution is -0.686. The number of rotatable bonds is 15. The van der Waals surface area contributed by atoms with Crippen molar-refractivity contribution < 1.29 is 35.9 Å². The molecule has 0 saturated heterocycles. The Morgan fingerprint density at radius 2 is 1.41 bits per heavy atom. The van der Waals surface area contributed by atoms with Gasteiger partial charge in [0, 0.05) is 17.4 Å². The van der Waals surface area contributed by atoms with Gasteiger partial charge in [-0.05, 0) is 63.4 Å². The first-order chi connectivity index (χ1) is 18.7. The Labute approximate surface area is 241 Å². The monoisotopic (exact) mass is 555 g/mol. The second-order valence-corrected chi connectivity index (χ2v) is 10.1. The number of aromatic nitrogens is 1. The number of hydrogen-bond donors (Lipinski definition) is 0. The normalized spacial score (nSPS) is 11.9. The maximum Gasteiger partial charge on any atom is 0.216 e. The van der Waals surface area contributed by atoms with Gasteiger partial charge in [-0.1, -0.05) is 45.4 Å². The van der Waals surface area contributed by atoms with Crippen molar-refractivity contribution in [1.29, 1.82) is 0 Å². The minimum Gasteiger partial charge on any atom is -1.00 e. The molecule has 39 heavy (non-hydrogen) atoms. The van der Waals surface area contributed by atoms with Gasteiger partial charge in [-0.25, -0.2) is 0 Å². The fourth-order valence-corrected chi connectivity index (χ4v) is 5.76. The van der Waals surface area contributed by atoms with Crippen LogP contribution in [0.4, 0.5) is 0 Å². The molecule has 3 aromatic rings. The van der Waals surface area contributed by atoms with Crippen LogP contribution in [0.25, 0.3) is 22.0 Å². The lowest BCUT2D eigenvalue weighted by atomic mass is 9.89. The summed E-state index contributed by atoms with van der Waals surface area (Å²) in [6.07, 6.45) is 13.3. The highest BCUT2D eigenvalue weighted by molar-refractivity contribution is 5.95. The van der Waals surface area contributed by atoms with Gasteiger partial charge in [0.25, 0.3) is 0 Å². The zero-order chi connectivity index (χ0) is 26.9. The fraction of sp³-hybridized carbons (Fsp3) is 0.545. The molecular formula is C33H46ClNO4. The molecule has 214 valence electrons. The SMILES string of the molecule is CCCCCCCCCc1c2[n+](cc3c(OCC)c(OC)ccc13)CCc1cc(OCC)c(OCC)cc1-2.[Cl-]. The molecule has 0 aliphatic carbocycles. The maximum atomic E-state index is 6.16. The van der Waals surface area contributed by atoms with Gasteiger partial charge >= 0.3 is 0 Å². The third-order valence-electron chi connectivity index (χ3n) is 7.53. The molecule has 1 aliphatic heterocycles. The van der Waals surface area contributed by atoms with Gasteiger partial charge in [0.05, 0.1) is 37.9 Å². The van der Waals surface area contributed by atoms with Crippen molar-refractivity contribution in [2.24, 2.45) is 0 Å². The summed E-state index contributed by atoms with van der Waals surface area (Å²) in [7, 11) is 1.72. The van der Waals surface area contributed by atoms with E-state index in [2.05, 4.69) is 42.0 Å². The lowest BCUT2D eigenvalue weighted by Gasteiger charge is -2.22. The molecule has 0 atom stereocenters. The number of hydrogen-bond acceptors (Lipinski definition) is 4. The highest BCUT2D eigenvalue weighted by Gasteiger charge is 2.31. The molecule has 1 aromatic heterocycles. The fourth-order valence-electron chi connectivity index (χ4n) is 5.76. The summed E-state index contributed by atoms with van der Waals surface area (Å²) in [5.41, 5.74) is 5.29. The number of aryl methyl sites for hydroxylation is 3. The quantitative estimate of drug-likeness (QED) is 0.198. The van der Waals surface area contributed by atoms with Crippen LogP contribution in [0.2, 0.25) is 0 Å². The van der Waals surface area contributed by atoms with Crippen LogP contribution in [0.5, 0.6) is 23.0 Å². The molecule has 0 amide bonds. The average molecular weight is 556 g/mol. The van der Waals surface area contributed by atoms with Crippen LogP contribution in [-0.2, 0) is 19.4 Å². The van der Waals surface area contributed by atoms with Crippen LogP contribution >= 0.6 is 0 Å². The predicted molar refractivity (Wildman–Crippen MR) is 155 cm³/mol. The van der Waals surface area contributed by atoms with E-state index in [1.54, 1.807) is 7.11 Å². The van der Waals surface area contributed by atoms with Gasteiger partial charge in [0.1, 0.15) is 0 Å². The largest absolute Gasteiger partial charge is 1.00 e. The van der Waals surface area contributed by atoms with Crippen LogP contribution in [-0.4, -0.2) is 26.9 Å². The van der Waals surface area contributed by atoms with Gasteiger partial charge in [-0.15, -0.1) is 0 Å². The first-order valence-electron chi connectivity index (χ1n) is 14.8. The number of ether oxygens (including phenoxy) is 4. The van der Waals surface area contributed by atoms with Crippen molar-refractivity contribution in [1.82, 2.24) is 0 Å². The van der Waals surface area contributed by atoms with Crippen molar-refractivity contribution in [2.45, 2.75) is 92.0 Å². The smallest absolute Gasteiger partial charge is 0.216 e. The summed E-state index contributed by atoms with van der Waals surface area (Å²) in [5.74, 6) is 3.31. The van der Waals surface area contributed by atoms with Crippen LogP contribution in [0, 0.1) is 0 Å². The van der Waals surface area contributed by atoms with Crippen LogP contribution in [0.15, 0.2) is 30.5 Å². The third-order valence-corrected chi connectivity index (χ3v) is 7.53. The third kappa shape index (κ3) is 6.92. The predicted octanol–water partition coefficient (Wildman–Crippen LogP) is 4.85. The Morgan fingerprint density at radius 1 is 0.744 bits per heavy atom. The minimum absolute atomic E-state index is 0. The van der Waals surface area contributed by atoms with E-state index in [0.29, 0.717) is 19.8 Å². The second-order valence-electron chi connectivity index (χ2n) is 10.1. The molecule has 5 nitrogen and oxygen atoms in total. The average Bonchev–Trinajstić information content (AvgIpc) is 2.93. The van der Waals surface area contributed by atoms with Crippen molar-refractivity contribution in [3.8, 4) is 34.3 Å². The summed E-state index contributed by atoms with van der Waals surface area (Å²) in [4.78, 5) is 0. The van der Waals surface area contributed by atoms with Gasteiger partial charge in [0.15, 0.2) is 35.7 Å². The van der Waals surface area contributed by atoms with E-state index in [4.69, 9.17) is 18.9 Å². The van der Waals surface area contributed by atoms with E-state index in [9.17, 15) is 0 Å². The van der Waals surface area contributed by atoms with Crippen molar-refractivity contribution in [2.75, 3.05) is 26.9 Å². The van der Waals surface area contributed by atoms with E-state index in [-0.39, 0.29) is 12.4 Å². The Morgan fingerprint density at radius 3 is 2.08 bits per heavy atom. The molecule has 1 aliphatic rings. The van der Waals surface area contributed by atoms with Gasteiger partial charge in [-0.3, -0.25) is 0 Å². The first-order valence-corrected chi connectivity index (χ1v) is 14.8. The summed E-state index contributed by atoms with van der Waals surface area (Å²) >= 11 is 0. The van der Waals surface area contributed by atoms with E-state index in [0.717, 1.165) is 47.8 Å². The summed E-state index contributed by atoms with van der Waals surface area (Å²) in [6, 6.07) is 8.70. The molecule has 0 spiro atoms. The van der Waals surface area contributed by atoms with Crippen LogP contribution < -0.4 is 35.9 Å². The van der Waals surface area contributed by atoms with Crippen molar-refractivity contribution in [3.63, 3.8) is 0 Å². The summed E-state index contributed by atoms with van der Waals surface area (Å²) in [6.45, 7) is 11.1. The number of unbranched alkanes of at least 4 members (excludes halogenated alkanes) is 6. The molecule has 2 aromatic carbocycles. The van der Waals surface area contributed by atoms with Crippen molar-refractivity contribution in [3.05, 3.63) is 41.6 Å². The highest BCUT2D eigenvalue weighted by Crippen LogP contribution is 2.43. The van der Waals surface area contributed by atoms with Gasteiger partial charge in [-0.2, -0.15) is 4.57 Å².